The number of fused-ring (bicyclic) bond motifs is 1. The number of benzene rings is 1. The minimum absolute atomic E-state index is 0.0328. The van der Waals surface area contributed by atoms with Gasteiger partial charge in [0, 0.05) is 31.7 Å². The first-order valence-electron chi connectivity index (χ1n) is 8.17. The molecule has 2 aliphatic heterocycles. The van der Waals surface area contributed by atoms with Crippen LogP contribution >= 0.6 is 0 Å². The predicted octanol–water partition coefficient (Wildman–Crippen LogP) is 2.41. The van der Waals surface area contributed by atoms with E-state index in [1.165, 1.54) is 21.3 Å². The molecular weight excluding hydrogens is 357 g/mol. The van der Waals surface area contributed by atoms with Crippen LogP contribution in [-0.2, 0) is 27.4 Å². The van der Waals surface area contributed by atoms with E-state index in [1.54, 1.807) is 0 Å². The van der Waals surface area contributed by atoms with Gasteiger partial charge in [-0.15, -0.1) is 0 Å². The topological polar surface area (TPSA) is 57.7 Å². The number of halogens is 3. The molecule has 1 saturated heterocycles. The fraction of sp³-hybridized carbons (Fsp3) is 0.562. The van der Waals surface area contributed by atoms with E-state index in [-0.39, 0.29) is 42.3 Å². The van der Waals surface area contributed by atoms with E-state index < -0.39 is 21.8 Å². The predicted molar refractivity (Wildman–Crippen MR) is 86.7 cm³/mol. The highest BCUT2D eigenvalue weighted by molar-refractivity contribution is 7.89. The molecule has 0 unspecified atom stereocenters. The van der Waals surface area contributed by atoms with Gasteiger partial charge in [0.25, 0.3) is 0 Å². The third-order valence-electron chi connectivity index (χ3n) is 4.64. The molecule has 0 bridgehead atoms. The molecule has 1 amide bonds. The van der Waals surface area contributed by atoms with Crippen molar-refractivity contribution in [2.75, 3.05) is 30.3 Å². The minimum Gasteiger partial charge on any atom is -0.312 e. The van der Waals surface area contributed by atoms with Gasteiger partial charge in [-0.2, -0.15) is 13.2 Å². The fourth-order valence-electron chi connectivity index (χ4n) is 3.45. The zero-order chi connectivity index (χ0) is 18.2. The van der Waals surface area contributed by atoms with Gasteiger partial charge in [-0.05, 0) is 37.0 Å². The summed E-state index contributed by atoms with van der Waals surface area (Å²) in [7, 11) is -3.29. The van der Waals surface area contributed by atoms with Gasteiger partial charge >= 0.3 is 6.18 Å². The summed E-state index contributed by atoms with van der Waals surface area (Å²) in [6, 6.07) is 3.86. The number of nitrogens with zero attached hydrogens (tertiary/aromatic N) is 2. The zero-order valence-electron chi connectivity index (χ0n) is 13.6. The van der Waals surface area contributed by atoms with Gasteiger partial charge in [-0.25, -0.2) is 12.7 Å². The quantitative estimate of drug-likeness (QED) is 0.814. The summed E-state index contributed by atoms with van der Waals surface area (Å²) in [5.41, 5.74) is -0.275. The number of alkyl halides is 3. The number of carbonyl (C=O) groups is 1. The summed E-state index contributed by atoms with van der Waals surface area (Å²) in [5, 5.41) is 0. The third kappa shape index (κ3) is 3.67. The number of hydrogen-bond donors (Lipinski definition) is 0. The molecule has 0 aliphatic carbocycles. The van der Waals surface area contributed by atoms with Crippen LogP contribution in [0.3, 0.4) is 0 Å². The largest absolute Gasteiger partial charge is 0.416 e. The van der Waals surface area contributed by atoms with Crippen LogP contribution in [0.4, 0.5) is 18.9 Å². The van der Waals surface area contributed by atoms with Crippen LogP contribution in [0.25, 0.3) is 0 Å². The van der Waals surface area contributed by atoms with Gasteiger partial charge in [-0.3, -0.25) is 4.79 Å². The summed E-state index contributed by atoms with van der Waals surface area (Å²) < 4.78 is 64.3. The number of carbonyl (C=O) groups excluding carboxylic acids is 1. The molecule has 3 rings (SSSR count). The minimum atomic E-state index is -4.46. The van der Waals surface area contributed by atoms with E-state index >= 15 is 0 Å². The molecule has 1 fully saturated rings. The van der Waals surface area contributed by atoms with E-state index in [2.05, 4.69) is 0 Å². The first-order chi connectivity index (χ1) is 11.7. The van der Waals surface area contributed by atoms with Gasteiger partial charge in [0.1, 0.15) is 0 Å². The van der Waals surface area contributed by atoms with E-state index in [9.17, 15) is 26.4 Å². The lowest BCUT2D eigenvalue weighted by Crippen LogP contribution is -2.38. The van der Waals surface area contributed by atoms with Crippen molar-refractivity contribution in [2.24, 2.45) is 0 Å². The molecular formula is C16H19F3N2O3S. The molecule has 2 aliphatic rings. The highest BCUT2D eigenvalue weighted by atomic mass is 32.2. The van der Waals surface area contributed by atoms with Crippen LogP contribution in [0.2, 0.25) is 0 Å². The molecule has 0 aromatic heterocycles. The molecule has 9 heteroatoms. The Balaban J connectivity index is 1.78. The van der Waals surface area contributed by atoms with Crippen LogP contribution in [0.5, 0.6) is 0 Å². The average molecular weight is 376 g/mol. The van der Waals surface area contributed by atoms with Gasteiger partial charge in [0.15, 0.2) is 0 Å². The summed E-state index contributed by atoms with van der Waals surface area (Å²) in [6.45, 7) is 0.816. The van der Waals surface area contributed by atoms with Gasteiger partial charge in [-0.1, -0.05) is 6.07 Å². The number of rotatable bonds is 3. The molecule has 0 N–H and O–H groups in total. The number of sulfonamides is 1. The second-order valence-electron chi connectivity index (χ2n) is 6.27. The van der Waals surface area contributed by atoms with Gasteiger partial charge in [0.2, 0.25) is 15.9 Å². The van der Waals surface area contributed by atoms with Crippen molar-refractivity contribution in [3.63, 3.8) is 0 Å². The van der Waals surface area contributed by atoms with Crippen molar-refractivity contribution in [3.8, 4) is 0 Å². The second-order valence-corrected chi connectivity index (χ2v) is 8.36. The van der Waals surface area contributed by atoms with E-state index in [1.807, 2.05) is 0 Å². The molecule has 25 heavy (non-hydrogen) atoms. The number of anilines is 1. The van der Waals surface area contributed by atoms with Crippen LogP contribution in [0, 0.1) is 0 Å². The first kappa shape index (κ1) is 18.2. The lowest BCUT2D eigenvalue weighted by molar-refractivity contribution is -0.138. The summed E-state index contributed by atoms with van der Waals surface area (Å²) in [5.74, 6) is -0.259. The normalized spacial score (nSPS) is 20.5. The maximum Gasteiger partial charge on any atom is 0.416 e. The van der Waals surface area contributed by atoms with E-state index in [0.717, 1.165) is 6.07 Å². The van der Waals surface area contributed by atoms with Crippen LogP contribution in [0.15, 0.2) is 18.2 Å². The Morgan fingerprint density at radius 2 is 1.92 bits per heavy atom. The molecule has 0 atom stereocenters. The molecule has 1 aromatic rings. The summed E-state index contributed by atoms with van der Waals surface area (Å²) in [4.78, 5) is 13.9. The maximum atomic E-state index is 13.2. The van der Waals surface area contributed by atoms with Crippen molar-refractivity contribution < 1.29 is 26.4 Å². The lowest BCUT2D eigenvalue weighted by Gasteiger charge is -2.31. The Hall–Kier alpha value is -1.61. The van der Waals surface area contributed by atoms with Gasteiger partial charge < -0.3 is 4.90 Å². The molecule has 138 valence electrons. The van der Waals surface area contributed by atoms with Gasteiger partial charge in [0.05, 0.1) is 11.3 Å². The smallest absolute Gasteiger partial charge is 0.312 e. The molecule has 0 saturated carbocycles. The fourth-order valence-corrected chi connectivity index (χ4v) is 4.98. The van der Waals surface area contributed by atoms with Crippen molar-refractivity contribution >= 4 is 21.6 Å². The van der Waals surface area contributed by atoms with Crippen molar-refractivity contribution in [1.82, 2.24) is 4.31 Å². The summed E-state index contributed by atoms with van der Waals surface area (Å²) >= 11 is 0. The number of hydrogen-bond acceptors (Lipinski definition) is 3. The molecule has 1 aromatic carbocycles. The Morgan fingerprint density at radius 3 is 2.56 bits per heavy atom. The first-order valence-corrected chi connectivity index (χ1v) is 9.78. The second kappa shape index (κ2) is 6.60. The van der Waals surface area contributed by atoms with Crippen molar-refractivity contribution in [1.29, 1.82) is 0 Å². The maximum absolute atomic E-state index is 13.2. The summed E-state index contributed by atoms with van der Waals surface area (Å²) in [6.07, 6.45) is -3.23. The third-order valence-corrected chi connectivity index (χ3v) is 6.59. The van der Waals surface area contributed by atoms with Crippen LogP contribution in [-0.4, -0.2) is 44.0 Å². The number of amides is 1. The van der Waals surface area contributed by atoms with Crippen molar-refractivity contribution in [3.05, 3.63) is 29.3 Å². The Kier molecular flexibility index (Phi) is 4.80. The monoisotopic (exact) mass is 376 g/mol. The highest BCUT2D eigenvalue weighted by Gasteiger charge is 2.36. The van der Waals surface area contributed by atoms with Crippen molar-refractivity contribution in [2.45, 2.75) is 31.9 Å². The van der Waals surface area contributed by atoms with Crippen LogP contribution in [0.1, 0.15) is 30.4 Å². The standard InChI is InChI=1S/C16H19F3N2O3S/c17-16(18,19)13-5-1-6-14-12(13)4-2-9-21(14)15(22)7-10-20-8-3-11-25(20,23)24/h1,5-6H,2-4,7-11H2. The molecule has 0 spiro atoms. The lowest BCUT2D eigenvalue weighted by atomic mass is 9.95. The SMILES string of the molecule is O=C(CCN1CCCS1(=O)=O)N1CCCc2c1cccc2C(F)(F)F. The molecule has 0 radical (unpaired) electrons. The molecule has 2 heterocycles. The zero-order valence-corrected chi connectivity index (χ0v) is 14.4. The Labute approximate surface area is 144 Å². The van der Waals surface area contributed by atoms with Crippen LogP contribution < -0.4 is 4.90 Å². The average Bonchev–Trinajstić information content (AvgIpc) is 2.89. The Bertz CT molecular complexity index is 777. The van der Waals surface area contributed by atoms with E-state index in [0.29, 0.717) is 25.9 Å². The highest BCUT2D eigenvalue weighted by Crippen LogP contribution is 2.39. The Morgan fingerprint density at radius 1 is 1.16 bits per heavy atom. The van der Waals surface area contributed by atoms with E-state index in [4.69, 9.17) is 0 Å². The molecule has 5 nitrogen and oxygen atoms in total.